The zero-order chi connectivity index (χ0) is 24.2. The highest BCUT2D eigenvalue weighted by Gasteiger charge is 2.30. The minimum Gasteiger partial charge on any atom is -1.00 e. The van der Waals surface area contributed by atoms with Crippen LogP contribution in [0.4, 0.5) is 5.95 Å². The highest BCUT2D eigenvalue weighted by atomic mass is 79.9. The van der Waals surface area contributed by atoms with Gasteiger partial charge in [-0.2, -0.15) is 5.26 Å². The number of hydrogen-bond acceptors (Lipinski definition) is 7. The van der Waals surface area contributed by atoms with Crippen LogP contribution >= 0.6 is 27.7 Å². The maximum Gasteiger partial charge on any atom is 0.232 e. The van der Waals surface area contributed by atoms with Crippen molar-refractivity contribution in [1.29, 1.82) is 5.26 Å². The smallest absolute Gasteiger partial charge is 0.232 e. The molecular formula is C26H23Br2N6OS-. The first-order valence-electron chi connectivity index (χ1n) is 11.2. The molecule has 0 aliphatic carbocycles. The van der Waals surface area contributed by atoms with Gasteiger partial charge in [0.15, 0.2) is 5.82 Å². The molecule has 10 heteroatoms. The van der Waals surface area contributed by atoms with Crippen LogP contribution in [0, 0.1) is 11.3 Å². The monoisotopic (exact) mass is 625 g/mol. The van der Waals surface area contributed by atoms with Crippen LogP contribution in [0.1, 0.15) is 11.4 Å². The van der Waals surface area contributed by atoms with E-state index in [1.165, 1.54) is 11.8 Å². The maximum absolute atomic E-state index is 10.4. The number of anilines is 1. The lowest BCUT2D eigenvalue weighted by Crippen LogP contribution is -3.00. The molecule has 0 unspecified atom stereocenters. The Kier molecular flexibility index (Phi) is 8.69. The number of ether oxygens (including phenoxy) is 1. The molecule has 1 fully saturated rings. The summed E-state index contributed by atoms with van der Waals surface area (Å²) in [6.45, 7) is 7.21. The van der Waals surface area contributed by atoms with E-state index in [-0.39, 0.29) is 17.0 Å². The summed E-state index contributed by atoms with van der Waals surface area (Å²) in [5.74, 6) is 1.23. The van der Waals surface area contributed by atoms with Crippen molar-refractivity contribution in [3.63, 3.8) is 0 Å². The number of halogens is 2. The average molecular weight is 627 g/mol. The van der Waals surface area contributed by atoms with Crippen molar-refractivity contribution >= 4 is 44.9 Å². The molecule has 0 saturated carbocycles. The Bertz CT molecular complexity index is 1320. The third-order valence-corrected chi connectivity index (χ3v) is 7.29. The SMILES string of the molecule is C=CCN1C(c2ccc(Br)cc2)=CS/C1=C(\C#N)c1nnc(N2CCOCC2)n1-c1ccccc1.[Br-]. The minimum absolute atomic E-state index is 0. The molecule has 184 valence electrons. The van der Waals surface area contributed by atoms with Crippen molar-refractivity contribution in [3.8, 4) is 11.8 Å². The molecular weight excluding hydrogens is 604 g/mol. The van der Waals surface area contributed by atoms with E-state index in [1.54, 1.807) is 0 Å². The standard InChI is InChI=1S/C26H23BrN6OS.BrH/c1-2-12-32-23(19-8-10-20(27)11-9-19)18-35-25(32)22(17-28)24-29-30-26(31-13-15-34-16-14-31)33(24)21-6-4-3-5-7-21;/h2-11,18H,1,12-16H2;1H/p-1/b25-22+;. The van der Waals surface area contributed by atoms with Gasteiger partial charge in [-0.1, -0.05) is 64.1 Å². The lowest BCUT2D eigenvalue weighted by molar-refractivity contribution is -0.00000778. The van der Waals surface area contributed by atoms with E-state index >= 15 is 0 Å². The molecule has 0 N–H and O–H groups in total. The molecule has 0 atom stereocenters. The number of hydrogen-bond donors (Lipinski definition) is 0. The molecule has 0 radical (unpaired) electrons. The van der Waals surface area contributed by atoms with Crippen LogP contribution < -0.4 is 21.9 Å². The second kappa shape index (κ2) is 11.9. The van der Waals surface area contributed by atoms with Gasteiger partial charge in [0.2, 0.25) is 5.95 Å². The van der Waals surface area contributed by atoms with E-state index < -0.39 is 0 Å². The van der Waals surface area contributed by atoms with E-state index in [0.717, 1.165) is 39.5 Å². The lowest BCUT2D eigenvalue weighted by Gasteiger charge is -2.28. The average Bonchev–Trinajstić information content (AvgIpc) is 3.52. The summed E-state index contributed by atoms with van der Waals surface area (Å²) in [5, 5.41) is 22.4. The van der Waals surface area contributed by atoms with E-state index in [4.69, 9.17) is 4.74 Å². The Morgan fingerprint density at radius 2 is 1.83 bits per heavy atom. The lowest BCUT2D eigenvalue weighted by atomic mass is 10.1. The van der Waals surface area contributed by atoms with Crippen molar-refractivity contribution in [3.05, 3.63) is 93.5 Å². The van der Waals surface area contributed by atoms with Crippen molar-refractivity contribution in [1.82, 2.24) is 19.7 Å². The van der Waals surface area contributed by atoms with Gasteiger partial charge in [-0.05, 0) is 29.8 Å². The minimum atomic E-state index is 0. The topological polar surface area (TPSA) is 70.2 Å². The molecule has 36 heavy (non-hydrogen) atoms. The van der Waals surface area contributed by atoms with Gasteiger partial charge in [0.05, 0.1) is 24.6 Å². The Balaban J connectivity index is 0.00000304. The number of nitriles is 1. The van der Waals surface area contributed by atoms with Gasteiger partial charge in [-0.3, -0.25) is 4.57 Å². The first-order chi connectivity index (χ1) is 17.2. The van der Waals surface area contributed by atoms with Gasteiger partial charge in [0.1, 0.15) is 16.7 Å². The fourth-order valence-corrected chi connectivity index (χ4v) is 5.42. The van der Waals surface area contributed by atoms with E-state index in [2.05, 4.69) is 66.1 Å². The first kappa shape index (κ1) is 26.2. The normalized spacial score (nSPS) is 16.7. The predicted octanol–water partition coefficient (Wildman–Crippen LogP) is 2.30. The Morgan fingerprint density at radius 3 is 2.50 bits per heavy atom. The highest BCUT2D eigenvalue weighted by Crippen LogP contribution is 2.43. The number of allylic oxidation sites excluding steroid dienone is 1. The molecule has 0 spiro atoms. The fraction of sp³-hybridized carbons (Fsp3) is 0.192. The predicted molar refractivity (Wildman–Crippen MR) is 144 cm³/mol. The third-order valence-electron chi connectivity index (χ3n) is 5.77. The molecule has 1 aromatic heterocycles. The number of para-hydroxylation sites is 1. The molecule has 3 aromatic rings. The van der Waals surface area contributed by atoms with Crippen LogP contribution in [-0.2, 0) is 4.74 Å². The Labute approximate surface area is 233 Å². The van der Waals surface area contributed by atoms with Crippen molar-refractivity contribution < 1.29 is 21.7 Å². The quantitative estimate of drug-likeness (QED) is 0.307. The molecule has 5 rings (SSSR count). The van der Waals surface area contributed by atoms with Crippen LogP contribution in [0.2, 0.25) is 0 Å². The van der Waals surface area contributed by atoms with Gasteiger partial charge in [-0.15, -0.1) is 16.8 Å². The number of thioether (sulfide) groups is 1. The molecule has 1 saturated heterocycles. The zero-order valence-electron chi connectivity index (χ0n) is 19.3. The van der Waals surface area contributed by atoms with E-state index in [1.807, 2.05) is 53.1 Å². The number of morpholine rings is 1. The number of aromatic nitrogens is 3. The van der Waals surface area contributed by atoms with Crippen LogP contribution in [-0.4, -0.2) is 52.5 Å². The Morgan fingerprint density at radius 1 is 1.11 bits per heavy atom. The van der Waals surface area contributed by atoms with E-state index in [0.29, 0.717) is 37.1 Å². The van der Waals surface area contributed by atoms with E-state index in [9.17, 15) is 5.26 Å². The highest BCUT2D eigenvalue weighted by molar-refractivity contribution is 9.10. The molecule has 2 aliphatic rings. The summed E-state index contributed by atoms with van der Waals surface area (Å²) < 4.78 is 8.53. The van der Waals surface area contributed by atoms with Crippen LogP contribution in [0.5, 0.6) is 0 Å². The molecule has 3 heterocycles. The summed E-state index contributed by atoms with van der Waals surface area (Å²) in [6, 6.07) is 20.5. The van der Waals surface area contributed by atoms with Crippen molar-refractivity contribution in [2.24, 2.45) is 0 Å². The molecule has 2 aromatic carbocycles. The van der Waals surface area contributed by atoms with Gasteiger partial charge < -0.3 is 31.5 Å². The van der Waals surface area contributed by atoms with Gasteiger partial charge >= 0.3 is 0 Å². The second-order valence-corrected chi connectivity index (χ2v) is 9.69. The van der Waals surface area contributed by atoms with Crippen LogP contribution in [0.15, 0.2) is 82.2 Å². The van der Waals surface area contributed by atoms with Gasteiger partial charge in [0, 0.05) is 29.5 Å². The zero-order valence-corrected chi connectivity index (χ0v) is 23.3. The van der Waals surface area contributed by atoms with Gasteiger partial charge in [-0.25, -0.2) is 0 Å². The summed E-state index contributed by atoms with van der Waals surface area (Å²) in [4.78, 5) is 4.26. The summed E-state index contributed by atoms with van der Waals surface area (Å²) >= 11 is 5.03. The van der Waals surface area contributed by atoms with Crippen molar-refractivity contribution in [2.45, 2.75) is 0 Å². The molecule has 7 nitrogen and oxygen atoms in total. The summed E-state index contributed by atoms with van der Waals surface area (Å²) in [6.07, 6.45) is 1.84. The molecule has 0 amide bonds. The number of rotatable bonds is 6. The summed E-state index contributed by atoms with van der Waals surface area (Å²) in [5.41, 5.74) is 3.45. The molecule has 2 aliphatic heterocycles. The number of nitrogens with zero attached hydrogens (tertiary/aromatic N) is 6. The first-order valence-corrected chi connectivity index (χ1v) is 12.9. The molecule has 0 bridgehead atoms. The Hall–Kier alpha value is -2.84. The van der Waals surface area contributed by atoms with Crippen LogP contribution in [0.3, 0.4) is 0 Å². The maximum atomic E-state index is 10.4. The van der Waals surface area contributed by atoms with Crippen LogP contribution in [0.25, 0.3) is 17.0 Å². The third kappa shape index (κ3) is 5.15. The second-order valence-electron chi connectivity index (χ2n) is 7.91. The number of benzene rings is 2. The largest absolute Gasteiger partial charge is 1.00 e. The fourth-order valence-electron chi connectivity index (χ4n) is 4.11. The van der Waals surface area contributed by atoms with Crippen molar-refractivity contribution in [2.75, 3.05) is 37.7 Å². The summed E-state index contributed by atoms with van der Waals surface area (Å²) in [7, 11) is 0. The van der Waals surface area contributed by atoms with Gasteiger partial charge in [0.25, 0.3) is 0 Å².